The molecule has 1 N–H and O–H groups in total. The molecule has 1 heterocycles. The highest BCUT2D eigenvalue weighted by Crippen LogP contribution is 2.17. The number of hydrogen-bond acceptors (Lipinski definition) is 4. The summed E-state index contributed by atoms with van der Waals surface area (Å²) >= 11 is 0. The van der Waals surface area contributed by atoms with E-state index in [4.69, 9.17) is 9.47 Å². The van der Waals surface area contributed by atoms with Crippen LogP contribution in [-0.2, 0) is 6.61 Å². The van der Waals surface area contributed by atoms with E-state index in [1.807, 2.05) is 0 Å². The lowest BCUT2D eigenvalue weighted by atomic mass is 10.2. The molecule has 0 atom stereocenters. The first-order valence-electron chi connectivity index (χ1n) is 8.86. The highest BCUT2D eigenvalue weighted by atomic mass is 19.1. The minimum Gasteiger partial charge on any atom is -0.491 e. The number of pyridine rings is 1. The zero-order valence-corrected chi connectivity index (χ0v) is 15.8. The maximum Gasteiger partial charge on any atom is 0.258 e. The molecule has 0 aliphatic heterocycles. The summed E-state index contributed by atoms with van der Waals surface area (Å²) in [6.07, 6.45) is 1.63. The highest BCUT2D eigenvalue weighted by Gasteiger charge is 2.13. The molecule has 6 heteroatoms. The van der Waals surface area contributed by atoms with E-state index in [9.17, 15) is 14.3 Å². The number of hydrogen-bond donors (Lipinski definition) is 1. The van der Waals surface area contributed by atoms with Crippen molar-refractivity contribution in [2.45, 2.75) is 26.1 Å². The molecule has 0 aliphatic rings. The standard InChI is InChI=1S/C22H22FNO4/c1-22(2,26)15-28-19-9-7-18(8-10-19)24-12-11-20(13-21(24)25)27-14-16-3-5-17(23)6-4-16/h3-13,26H,14-15H2,1-2H3. The fourth-order valence-electron chi connectivity index (χ4n) is 2.47. The molecule has 0 bridgehead atoms. The summed E-state index contributed by atoms with van der Waals surface area (Å²) in [7, 11) is 0. The Morgan fingerprint density at radius 3 is 2.25 bits per heavy atom. The molecule has 1 aromatic heterocycles. The second kappa shape index (κ2) is 8.27. The molecule has 0 amide bonds. The van der Waals surface area contributed by atoms with Gasteiger partial charge < -0.3 is 14.6 Å². The fraction of sp³-hybridized carbons (Fsp3) is 0.227. The van der Waals surface area contributed by atoms with Gasteiger partial charge in [-0.1, -0.05) is 12.1 Å². The average Bonchev–Trinajstić information content (AvgIpc) is 2.66. The van der Waals surface area contributed by atoms with Crippen LogP contribution < -0.4 is 15.0 Å². The van der Waals surface area contributed by atoms with Gasteiger partial charge in [-0.25, -0.2) is 4.39 Å². The number of benzene rings is 2. The summed E-state index contributed by atoms with van der Waals surface area (Å²) in [4.78, 5) is 12.4. The normalized spacial score (nSPS) is 11.3. The predicted octanol–water partition coefficient (Wildman–Crippen LogP) is 3.71. The van der Waals surface area contributed by atoms with E-state index in [0.717, 1.165) is 5.56 Å². The molecular weight excluding hydrogens is 361 g/mol. The molecule has 2 aromatic carbocycles. The Hall–Kier alpha value is -3.12. The maximum absolute atomic E-state index is 12.9. The molecule has 0 aliphatic carbocycles. The van der Waals surface area contributed by atoms with E-state index in [2.05, 4.69) is 0 Å². The Balaban J connectivity index is 1.66. The number of aromatic nitrogens is 1. The predicted molar refractivity (Wildman–Crippen MR) is 105 cm³/mol. The fourth-order valence-corrected chi connectivity index (χ4v) is 2.47. The number of rotatable bonds is 7. The summed E-state index contributed by atoms with van der Waals surface area (Å²) in [5, 5.41) is 9.70. The van der Waals surface area contributed by atoms with Gasteiger partial charge >= 0.3 is 0 Å². The van der Waals surface area contributed by atoms with Gasteiger partial charge in [-0.15, -0.1) is 0 Å². The van der Waals surface area contributed by atoms with Crippen molar-refractivity contribution in [3.63, 3.8) is 0 Å². The first-order valence-corrected chi connectivity index (χ1v) is 8.86. The molecule has 0 fully saturated rings. The molecule has 28 heavy (non-hydrogen) atoms. The molecule has 146 valence electrons. The van der Waals surface area contributed by atoms with Gasteiger partial charge in [0.15, 0.2) is 0 Å². The second-order valence-electron chi connectivity index (χ2n) is 7.08. The van der Waals surface area contributed by atoms with Gasteiger partial charge in [0.1, 0.15) is 30.5 Å². The van der Waals surface area contributed by atoms with Crippen molar-refractivity contribution in [3.05, 3.63) is 88.6 Å². The lowest BCUT2D eigenvalue weighted by Gasteiger charge is -2.18. The van der Waals surface area contributed by atoms with Crippen LogP contribution in [0.2, 0.25) is 0 Å². The van der Waals surface area contributed by atoms with E-state index < -0.39 is 5.60 Å². The molecular formula is C22H22FNO4. The molecule has 3 rings (SSSR count). The van der Waals surface area contributed by atoms with E-state index in [0.29, 0.717) is 17.2 Å². The van der Waals surface area contributed by atoms with Crippen LogP contribution in [0.1, 0.15) is 19.4 Å². The Labute approximate surface area is 162 Å². The molecule has 0 saturated heterocycles. The molecule has 0 spiro atoms. The third-order valence-electron chi connectivity index (χ3n) is 3.92. The van der Waals surface area contributed by atoms with Crippen molar-refractivity contribution in [1.29, 1.82) is 0 Å². The smallest absolute Gasteiger partial charge is 0.258 e. The van der Waals surface area contributed by atoms with Gasteiger partial charge in [-0.3, -0.25) is 9.36 Å². The van der Waals surface area contributed by atoms with Crippen LogP contribution in [0, 0.1) is 5.82 Å². The van der Waals surface area contributed by atoms with Crippen molar-refractivity contribution >= 4 is 0 Å². The maximum atomic E-state index is 12.9. The van der Waals surface area contributed by atoms with Crippen LogP contribution >= 0.6 is 0 Å². The van der Waals surface area contributed by atoms with Gasteiger partial charge in [-0.2, -0.15) is 0 Å². The van der Waals surface area contributed by atoms with Crippen LogP contribution in [-0.4, -0.2) is 21.9 Å². The number of halogens is 1. The van der Waals surface area contributed by atoms with Crippen molar-refractivity contribution in [2.24, 2.45) is 0 Å². The molecule has 5 nitrogen and oxygen atoms in total. The lowest BCUT2D eigenvalue weighted by Crippen LogP contribution is -2.27. The zero-order valence-electron chi connectivity index (χ0n) is 15.8. The van der Waals surface area contributed by atoms with E-state index in [1.165, 1.54) is 22.8 Å². The Bertz CT molecular complexity index is 973. The van der Waals surface area contributed by atoms with E-state index in [1.54, 1.807) is 62.5 Å². The summed E-state index contributed by atoms with van der Waals surface area (Å²) in [6.45, 7) is 3.75. The average molecular weight is 383 g/mol. The summed E-state index contributed by atoms with van der Waals surface area (Å²) in [5.41, 5.74) is 0.346. The van der Waals surface area contributed by atoms with Crippen molar-refractivity contribution in [2.75, 3.05) is 6.61 Å². The van der Waals surface area contributed by atoms with Gasteiger partial charge in [-0.05, 0) is 61.9 Å². The Morgan fingerprint density at radius 2 is 1.64 bits per heavy atom. The van der Waals surface area contributed by atoms with Crippen molar-refractivity contribution in [1.82, 2.24) is 4.57 Å². The number of aliphatic hydroxyl groups is 1. The van der Waals surface area contributed by atoms with Gasteiger partial charge in [0.25, 0.3) is 5.56 Å². The summed E-state index contributed by atoms with van der Waals surface area (Å²) < 4.78 is 25.5. The van der Waals surface area contributed by atoms with Gasteiger partial charge in [0, 0.05) is 18.0 Å². The molecule has 3 aromatic rings. The number of ether oxygens (including phenoxy) is 2. The molecule has 0 radical (unpaired) electrons. The first kappa shape index (κ1) is 19.6. The molecule has 0 unspecified atom stereocenters. The summed E-state index contributed by atoms with van der Waals surface area (Å²) in [6, 6.07) is 16.1. The SMILES string of the molecule is CC(C)(O)COc1ccc(-n2ccc(OCc3ccc(F)cc3)cc2=O)cc1. The van der Waals surface area contributed by atoms with Crippen molar-refractivity contribution in [3.8, 4) is 17.2 Å². The van der Waals surface area contributed by atoms with Crippen LogP contribution in [0.4, 0.5) is 4.39 Å². The first-order chi connectivity index (χ1) is 13.3. The van der Waals surface area contributed by atoms with Crippen LogP contribution in [0.5, 0.6) is 11.5 Å². The van der Waals surface area contributed by atoms with Crippen LogP contribution in [0.3, 0.4) is 0 Å². The van der Waals surface area contributed by atoms with Gasteiger partial charge in [0.05, 0.1) is 5.60 Å². The van der Waals surface area contributed by atoms with E-state index in [-0.39, 0.29) is 24.6 Å². The Morgan fingerprint density at radius 1 is 0.964 bits per heavy atom. The van der Waals surface area contributed by atoms with Gasteiger partial charge in [0.2, 0.25) is 0 Å². The third kappa shape index (κ3) is 5.44. The summed E-state index contributed by atoms with van der Waals surface area (Å²) in [5.74, 6) is 0.747. The quantitative estimate of drug-likeness (QED) is 0.676. The van der Waals surface area contributed by atoms with Crippen molar-refractivity contribution < 1.29 is 19.0 Å². The minimum absolute atomic E-state index is 0.173. The van der Waals surface area contributed by atoms with Crippen LogP contribution in [0.15, 0.2) is 71.7 Å². The highest BCUT2D eigenvalue weighted by molar-refractivity contribution is 5.38. The van der Waals surface area contributed by atoms with Crippen LogP contribution in [0.25, 0.3) is 5.69 Å². The lowest BCUT2D eigenvalue weighted by molar-refractivity contribution is 0.0285. The second-order valence-corrected chi connectivity index (χ2v) is 7.08. The largest absolute Gasteiger partial charge is 0.491 e. The topological polar surface area (TPSA) is 60.7 Å². The minimum atomic E-state index is -0.917. The Kier molecular flexibility index (Phi) is 5.80. The van der Waals surface area contributed by atoms with E-state index >= 15 is 0 Å². The molecule has 0 saturated carbocycles. The number of nitrogens with zero attached hydrogens (tertiary/aromatic N) is 1. The third-order valence-corrected chi connectivity index (χ3v) is 3.92. The zero-order chi connectivity index (χ0) is 20.1. The monoisotopic (exact) mass is 383 g/mol.